The summed E-state index contributed by atoms with van der Waals surface area (Å²) >= 11 is 0. The molecule has 1 aromatic carbocycles. The summed E-state index contributed by atoms with van der Waals surface area (Å²) < 4.78 is 1.92. The number of nitrogens with one attached hydrogen (secondary N) is 2. The number of carbonyl (C=O) groups excluding carboxylic acids is 1. The van der Waals surface area contributed by atoms with Gasteiger partial charge in [0.15, 0.2) is 0 Å². The van der Waals surface area contributed by atoms with Crippen molar-refractivity contribution in [2.75, 3.05) is 0 Å². The molecule has 3 atom stereocenters. The summed E-state index contributed by atoms with van der Waals surface area (Å²) in [7, 11) is 0. The van der Waals surface area contributed by atoms with Gasteiger partial charge in [0, 0.05) is 24.5 Å². The molecular weight excluding hydrogens is 288 g/mol. The van der Waals surface area contributed by atoms with Gasteiger partial charge in [-0.25, -0.2) is 0 Å². The summed E-state index contributed by atoms with van der Waals surface area (Å²) in [6, 6.07) is 12.1. The lowest BCUT2D eigenvalue weighted by molar-refractivity contribution is -0.123. The van der Waals surface area contributed by atoms with Crippen LogP contribution in [0.1, 0.15) is 44.3 Å². The molecule has 3 rings (SSSR count). The van der Waals surface area contributed by atoms with Gasteiger partial charge >= 0.3 is 0 Å². The first-order valence-corrected chi connectivity index (χ1v) is 8.25. The lowest BCUT2D eigenvalue weighted by Gasteiger charge is -2.27. The maximum absolute atomic E-state index is 12.6. The van der Waals surface area contributed by atoms with Gasteiger partial charge in [-0.15, -0.1) is 0 Å². The summed E-state index contributed by atoms with van der Waals surface area (Å²) in [5, 5.41) is 10.9. The topological polar surface area (TPSA) is 59.0 Å². The minimum Gasteiger partial charge on any atom is -0.352 e. The molecule has 122 valence electrons. The highest BCUT2D eigenvalue weighted by Crippen LogP contribution is 2.22. The van der Waals surface area contributed by atoms with Crippen molar-refractivity contribution in [3.63, 3.8) is 0 Å². The molecule has 0 spiro atoms. The standard InChI is InChI=1S/C18H24N4O/c1-13(14(2)22-12-6-11-19-22)20-17(15-7-4-3-5-8-15)18(23)21-16-9-10-16/h3-8,11-14,16-17,20H,9-10H2,1-2H3,(H,21,23). The van der Waals surface area contributed by atoms with E-state index >= 15 is 0 Å². The average molecular weight is 312 g/mol. The van der Waals surface area contributed by atoms with Crippen molar-refractivity contribution >= 4 is 5.91 Å². The Balaban J connectivity index is 1.73. The van der Waals surface area contributed by atoms with Crippen LogP contribution >= 0.6 is 0 Å². The number of benzene rings is 1. The Kier molecular flexibility index (Phi) is 4.76. The van der Waals surface area contributed by atoms with Crippen molar-refractivity contribution in [2.45, 2.75) is 50.9 Å². The van der Waals surface area contributed by atoms with Gasteiger partial charge in [-0.05, 0) is 38.3 Å². The minimum absolute atomic E-state index is 0.0539. The van der Waals surface area contributed by atoms with Gasteiger partial charge in [-0.1, -0.05) is 30.3 Å². The third kappa shape index (κ3) is 3.99. The fraction of sp³-hybridized carbons (Fsp3) is 0.444. The van der Waals surface area contributed by atoms with E-state index < -0.39 is 0 Å². The molecule has 5 heteroatoms. The van der Waals surface area contributed by atoms with Crippen LogP contribution in [0.15, 0.2) is 48.8 Å². The lowest BCUT2D eigenvalue weighted by atomic mass is 10.0. The molecule has 2 aromatic rings. The van der Waals surface area contributed by atoms with E-state index in [0.29, 0.717) is 6.04 Å². The smallest absolute Gasteiger partial charge is 0.241 e. The van der Waals surface area contributed by atoms with Crippen LogP contribution in [0.2, 0.25) is 0 Å². The van der Waals surface area contributed by atoms with Crippen molar-refractivity contribution in [3.8, 4) is 0 Å². The average Bonchev–Trinajstić information content (AvgIpc) is 3.21. The number of hydrogen-bond donors (Lipinski definition) is 2. The van der Waals surface area contributed by atoms with E-state index in [1.165, 1.54) is 0 Å². The lowest BCUT2D eigenvalue weighted by Crippen LogP contribution is -2.44. The van der Waals surface area contributed by atoms with Gasteiger partial charge in [0.2, 0.25) is 5.91 Å². The zero-order valence-corrected chi connectivity index (χ0v) is 13.6. The fourth-order valence-electron chi connectivity index (χ4n) is 2.63. The van der Waals surface area contributed by atoms with E-state index in [1.807, 2.05) is 47.3 Å². The van der Waals surface area contributed by atoms with E-state index in [9.17, 15) is 4.79 Å². The summed E-state index contributed by atoms with van der Waals surface area (Å²) in [5.41, 5.74) is 0.991. The molecule has 5 nitrogen and oxygen atoms in total. The zero-order valence-electron chi connectivity index (χ0n) is 13.6. The second kappa shape index (κ2) is 6.96. The predicted molar refractivity (Wildman–Crippen MR) is 89.9 cm³/mol. The van der Waals surface area contributed by atoms with Crippen molar-refractivity contribution in [2.24, 2.45) is 0 Å². The Labute approximate surface area is 137 Å². The first kappa shape index (κ1) is 15.7. The molecule has 2 N–H and O–H groups in total. The first-order chi connectivity index (χ1) is 11.1. The van der Waals surface area contributed by atoms with E-state index in [2.05, 4.69) is 29.6 Å². The van der Waals surface area contributed by atoms with Gasteiger partial charge in [0.1, 0.15) is 6.04 Å². The van der Waals surface area contributed by atoms with Crippen molar-refractivity contribution < 1.29 is 4.79 Å². The number of hydrogen-bond acceptors (Lipinski definition) is 3. The van der Waals surface area contributed by atoms with Crippen LogP contribution in [0, 0.1) is 0 Å². The summed E-state index contributed by atoms with van der Waals surface area (Å²) in [6.07, 6.45) is 5.90. The van der Waals surface area contributed by atoms with Crippen molar-refractivity contribution in [1.82, 2.24) is 20.4 Å². The Hall–Kier alpha value is -2.14. The van der Waals surface area contributed by atoms with Crippen LogP contribution in [0.5, 0.6) is 0 Å². The Morgan fingerprint density at radius 3 is 2.57 bits per heavy atom. The number of rotatable bonds is 7. The highest BCUT2D eigenvalue weighted by molar-refractivity contribution is 5.83. The van der Waals surface area contributed by atoms with Crippen LogP contribution in [-0.4, -0.2) is 27.8 Å². The number of carbonyl (C=O) groups is 1. The Morgan fingerprint density at radius 2 is 1.96 bits per heavy atom. The summed E-state index contributed by atoms with van der Waals surface area (Å²) in [4.78, 5) is 12.6. The van der Waals surface area contributed by atoms with Gasteiger partial charge in [-0.3, -0.25) is 14.8 Å². The molecule has 3 unspecified atom stereocenters. The first-order valence-electron chi connectivity index (χ1n) is 8.25. The molecule has 1 heterocycles. The minimum atomic E-state index is -0.343. The molecule has 1 aliphatic rings. The zero-order chi connectivity index (χ0) is 16.2. The van der Waals surface area contributed by atoms with E-state index in [4.69, 9.17) is 0 Å². The fourth-order valence-corrected chi connectivity index (χ4v) is 2.63. The molecule has 23 heavy (non-hydrogen) atoms. The second-order valence-electron chi connectivity index (χ2n) is 6.31. The summed E-state index contributed by atoms with van der Waals surface area (Å²) in [6.45, 7) is 4.19. The van der Waals surface area contributed by atoms with Crippen LogP contribution in [-0.2, 0) is 4.79 Å². The Morgan fingerprint density at radius 1 is 1.22 bits per heavy atom. The van der Waals surface area contributed by atoms with E-state index in [1.54, 1.807) is 6.20 Å². The van der Waals surface area contributed by atoms with Gasteiger partial charge in [0.05, 0.1) is 6.04 Å². The Bertz CT molecular complexity index is 622. The second-order valence-corrected chi connectivity index (χ2v) is 6.31. The van der Waals surface area contributed by atoms with Gasteiger partial charge in [-0.2, -0.15) is 5.10 Å². The van der Waals surface area contributed by atoms with E-state index in [0.717, 1.165) is 18.4 Å². The number of aromatic nitrogens is 2. The molecule has 0 saturated heterocycles. The molecule has 1 amide bonds. The monoisotopic (exact) mass is 312 g/mol. The molecule has 1 saturated carbocycles. The van der Waals surface area contributed by atoms with Crippen LogP contribution in [0.25, 0.3) is 0 Å². The molecule has 1 aromatic heterocycles. The third-order valence-electron chi connectivity index (χ3n) is 4.41. The molecule has 0 bridgehead atoms. The SMILES string of the molecule is CC(NC(C(=O)NC1CC1)c1ccccc1)C(C)n1cccn1. The van der Waals surface area contributed by atoms with Gasteiger partial charge < -0.3 is 5.32 Å². The normalized spacial score (nSPS) is 18.2. The van der Waals surface area contributed by atoms with Crippen molar-refractivity contribution in [3.05, 3.63) is 54.4 Å². The highest BCUT2D eigenvalue weighted by atomic mass is 16.2. The number of amides is 1. The van der Waals surface area contributed by atoms with Crippen LogP contribution < -0.4 is 10.6 Å². The van der Waals surface area contributed by atoms with E-state index in [-0.39, 0.29) is 24.0 Å². The molecule has 0 radical (unpaired) electrons. The number of nitrogens with zero attached hydrogens (tertiary/aromatic N) is 2. The van der Waals surface area contributed by atoms with Crippen LogP contribution in [0.4, 0.5) is 0 Å². The third-order valence-corrected chi connectivity index (χ3v) is 4.41. The quantitative estimate of drug-likeness (QED) is 0.825. The molecule has 1 fully saturated rings. The predicted octanol–water partition coefficient (Wildman–Crippen LogP) is 2.44. The largest absolute Gasteiger partial charge is 0.352 e. The highest BCUT2D eigenvalue weighted by Gasteiger charge is 2.30. The molecular formula is C18H24N4O. The van der Waals surface area contributed by atoms with Crippen molar-refractivity contribution in [1.29, 1.82) is 0 Å². The molecule has 0 aliphatic heterocycles. The molecule has 1 aliphatic carbocycles. The summed E-state index contributed by atoms with van der Waals surface area (Å²) in [5.74, 6) is 0.0539. The maximum atomic E-state index is 12.6. The van der Waals surface area contributed by atoms with Crippen LogP contribution in [0.3, 0.4) is 0 Å². The maximum Gasteiger partial charge on any atom is 0.241 e. The van der Waals surface area contributed by atoms with Gasteiger partial charge in [0.25, 0.3) is 0 Å².